The molecule has 1 heterocycles. The van der Waals surface area contributed by atoms with Gasteiger partial charge in [-0.05, 0) is 23.2 Å². The summed E-state index contributed by atoms with van der Waals surface area (Å²) >= 11 is 10.3. The van der Waals surface area contributed by atoms with Crippen LogP contribution in [-0.2, 0) is 0 Å². The minimum atomic E-state index is -0.889. The summed E-state index contributed by atoms with van der Waals surface area (Å²) in [4.78, 5) is 16.7. The lowest BCUT2D eigenvalue weighted by Crippen LogP contribution is -1.84. The van der Waals surface area contributed by atoms with Crippen molar-refractivity contribution >= 4 is 39.7 Å². The van der Waals surface area contributed by atoms with Crippen LogP contribution in [0.4, 0.5) is 4.79 Å². The molecular formula is C8H8Cl2N2O2S. The molecule has 0 amide bonds. The predicted octanol–water partition coefficient (Wildman–Crippen LogP) is 3.04. The number of carbonyl (C=O) groups excluding carboxylic acids is 1. The van der Waals surface area contributed by atoms with E-state index in [1.54, 1.807) is 6.08 Å². The topological polar surface area (TPSA) is 63.1 Å². The SMILES string of the molecule is C=CCSc1ncc(O)cn1.O=C(Cl)Cl. The molecule has 0 atom stereocenters. The number of rotatable bonds is 3. The second-order valence-electron chi connectivity index (χ2n) is 2.05. The Labute approximate surface area is 101 Å². The van der Waals surface area contributed by atoms with Crippen molar-refractivity contribution in [3.63, 3.8) is 0 Å². The Morgan fingerprint density at radius 3 is 2.40 bits per heavy atom. The maximum Gasteiger partial charge on any atom is 0.313 e. The lowest BCUT2D eigenvalue weighted by atomic mass is 10.6. The predicted molar refractivity (Wildman–Crippen MR) is 61.7 cm³/mol. The fraction of sp³-hybridized carbons (Fsp3) is 0.125. The zero-order chi connectivity index (χ0) is 11.7. The normalized spacial score (nSPS) is 8.67. The van der Waals surface area contributed by atoms with Gasteiger partial charge in [0.15, 0.2) is 10.9 Å². The standard InChI is InChI=1S/C7H8N2OS.CCl2O/c1-2-3-11-7-8-4-6(10)5-9-7;2-1(3)4/h2,4-5,10H,1,3H2;. The molecule has 15 heavy (non-hydrogen) atoms. The van der Waals surface area contributed by atoms with Crippen LogP contribution >= 0.6 is 35.0 Å². The molecule has 7 heteroatoms. The summed E-state index contributed by atoms with van der Waals surface area (Å²) in [5.74, 6) is 0.873. The summed E-state index contributed by atoms with van der Waals surface area (Å²) in [7, 11) is 0. The van der Waals surface area contributed by atoms with Crippen molar-refractivity contribution in [2.24, 2.45) is 0 Å². The maximum absolute atomic E-state index is 8.98. The number of thioether (sulfide) groups is 1. The Balaban J connectivity index is 0.000000423. The van der Waals surface area contributed by atoms with E-state index in [4.69, 9.17) is 9.90 Å². The lowest BCUT2D eigenvalue weighted by molar-refractivity contribution is 0.275. The molecule has 0 aliphatic heterocycles. The first-order valence-corrected chi connectivity index (χ1v) is 5.40. The van der Waals surface area contributed by atoms with Gasteiger partial charge in [-0.1, -0.05) is 17.8 Å². The zero-order valence-corrected chi connectivity index (χ0v) is 9.89. The van der Waals surface area contributed by atoms with Gasteiger partial charge in [-0.2, -0.15) is 0 Å². The molecule has 0 saturated heterocycles. The molecule has 1 rings (SSSR count). The lowest BCUT2D eigenvalue weighted by Gasteiger charge is -1.94. The monoisotopic (exact) mass is 266 g/mol. The first kappa shape index (κ1) is 14.2. The van der Waals surface area contributed by atoms with Crippen molar-refractivity contribution in [1.82, 2.24) is 9.97 Å². The van der Waals surface area contributed by atoms with Crippen LogP contribution in [0.25, 0.3) is 0 Å². The summed E-state index contributed by atoms with van der Waals surface area (Å²) in [6.07, 6.45) is 4.53. The van der Waals surface area contributed by atoms with Crippen molar-refractivity contribution < 1.29 is 9.90 Å². The van der Waals surface area contributed by atoms with Crippen molar-refractivity contribution in [2.45, 2.75) is 5.16 Å². The van der Waals surface area contributed by atoms with Crippen LogP contribution in [0.15, 0.2) is 30.2 Å². The number of aromatic nitrogens is 2. The van der Waals surface area contributed by atoms with Gasteiger partial charge in [0.2, 0.25) is 0 Å². The molecule has 0 aliphatic carbocycles. The quantitative estimate of drug-likeness (QED) is 0.394. The second-order valence-corrected chi connectivity index (χ2v) is 3.92. The smallest absolute Gasteiger partial charge is 0.313 e. The minimum Gasteiger partial charge on any atom is -0.505 e. The largest absolute Gasteiger partial charge is 0.505 e. The van der Waals surface area contributed by atoms with Crippen LogP contribution in [0, 0.1) is 0 Å². The zero-order valence-electron chi connectivity index (χ0n) is 7.56. The van der Waals surface area contributed by atoms with Crippen LogP contribution in [0.3, 0.4) is 0 Å². The molecule has 0 spiro atoms. The van der Waals surface area contributed by atoms with Gasteiger partial charge in [0.25, 0.3) is 0 Å². The summed E-state index contributed by atoms with van der Waals surface area (Å²) in [6.45, 7) is 3.57. The number of hydrogen-bond acceptors (Lipinski definition) is 5. The van der Waals surface area contributed by atoms with Gasteiger partial charge in [0.1, 0.15) is 0 Å². The average Bonchev–Trinajstić information content (AvgIpc) is 2.16. The van der Waals surface area contributed by atoms with E-state index < -0.39 is 4.70 Å². The Bertz CT molecular complexity index is 315. The van der Waals surface area contributed by atoms with Gasteiger partial charge in [0, 0.05) is 5.75 Å². The summed E-state index contributed by atoms with van der Waals surface area (Å²) in [6, 6.07) is 0. The van der Waals surface area contributed by atoms with E-state index in [0.29, 0.717) is 5.16 Å². The van der Waals surface area contributed by atoms with E-state index in [1.165, 1.54) is 24.2 Å². The van der Waals surface area contributed by atoms with E-state index in [0.717, 1.165) is 5.75 Å². The summed E-state index contributed by atoms with van der Waals surface area (Å²) in [5, 5.41) is 9.48. The first-order valence-electron chi connectivity index (χ1n) is 3.66. The van der Waals surface area contributed by atoms with E-state index in [2.05, 4.69) is 39.7 Å². The van der Waals surface area contributed by atoms with Gasteiger partial charge in [-0.15, -0.1) is 6.58 Å². The fourth-order valence-corrected chi connectivity index (χ4v) is 1.04. The Kier molecular flexibility index (Phi) is 8.08. The van der Waals surface area contributed by atoms with Crippen LogP contribution in [0.2, 0.25) is 0 Å². The third kappa shape index (κ3) is 9.52. The third-order valence-corrected chi connectivity index (χ3v) is 1.82. The van der Waals surface area contributed by atoms with Crippen LogP contribution in [0.5, 0.6) is 5.75 Å². The van der Waals surface area contributed by atoms with Gasteiger partial charge in [-0.25, -0.2) is 9.97 Å². The number of hydrogen-bond donors (Lipinski definition) is 1. The highest BCUT2D eigenvalue weighted by atomic mass is 35.5. The Hall–Kier alpha value is -0.780. The third-order valence-electron chi connectivity index (χ3n) is 0.945. The van der Waals surface area contributed by atoms with Crippen molar-refractivity contribution in [2.75, 3.05) is 5.75 Å². The maximum atomic E-state index is 8.98. The van der Waals surface area contributed by atoms with Gasteiger partial charge < -0.3 is 5.11 Å². The van der Waals surface area contributed by atoms with Gasteiger partial charge in [0.05, 0.1) is 12.4 Å². The molecule has 0 bridgehead atoms. The fourth-order valence-electron chi connectivity index (χ4n) is 0.517. The number of nitrogens with zero attached hydrogens (tertiary/aromatic N) is 2. The first-order chi connectivity index (χ1) is 7.06. The van der Waals surface area contributed by atoms with Crippen LogP contribution in [0.1, 0.15) is 0 Å². The highest BCUT2D eigenvalue weighted by Crippen LogP contribution is 2.13. The van der Waals surface area contributed by atoms with Gasteiger partial charge >= 0.3 is 4.70 Å². The molecule has 0 aliphatic rings. The molecule has 0 aromatic carbocycles. The minimum absolute atomic E-state index is 0.0907. The van der Waals surface area contributed by atoms with Crippen molar-refractivity contribution in [3.05, 3.63) is 25.0 Å². The molecule has 1 N–H and O–H groups in total. The highest BCUT2D eigenvalue weighted by Gasteiger charge is 1.94. The van der Waals surface area contributed by atoms with Gasteiger partial charge in [-0.3, -0.25) is 4.79 Å². The number of aromatic hydroxyl groups is 1. The van der Waals surface area contributed by atoms with E-state index in [-0.39, 0.29) is 5.75 Å². The molecule has 0 radical (unpaired) electrons. The van der Waals surface area contributed by atoms with Crippen molar-refractivity contribution in [3.8, 4) is 5.75 Å². The molecule has 4 nitrogen and oxygen atoms in total. The Morgan fingerprint density at radius 1 is 1.53 bits per heavy atom. The van der Waals surface area contributed by atoms with Crippen LogP contribution < -0.4 is 0 Å². The van der Waals surface area contributed by atoms with E-state index in [9.17, 15) is 0 Å². The van der Waals surface area contributed by atoms with Crippen LogP contribution in [-0.4, -0.2) is 25.5 Å². The average molecular weight is 267 g/mol. The second kappa shape index (κ2) is 8.52. The molecule has 82 valence electrons. The summed E-state index contributed by atoms with van der Waals surface area (Å²) < 4.78 is -0.889. The van der Waals surface area contributed by atoms with E-state index in [1.807, 2.05) is 0 Å². The highest BCUT2D eigenvalue weighted by molar-refractivity contribution is 7.99. The number of carbonyl (C=O) groups is 1. The number of halogens is 2. The molecule has 0 saturated carbocycles. The molecule has 1 aromatic heterocycles. The Morgan fingerprint density at radius 2 is 2.00 bits per heavy atom. The molecule has 0 unspecified atom stereocenters. The molecular weight excluding hydrogens is 259 g/mol. The molecule has 0 fully saturated rings. The molecule has 1 aromatic rings. The van der Waals surface area contributed by atoms with Crippen molar-refractivity contribution in [1.29, 1.82) is 0 Å². The summed E-state index contributed by atoms with van der Waals surface area (Å²) in [5.41, 5.74) is 0. The van der Waals surface area contributed by atoms with E-state index >= 15 is 0 Å².